The predicted molar refractivity (Wildman–Crippen MR) is 145 cm³/mol. The number of anilines is 2. The van der Waals surface area contributed by atoms with Gasteiger partial charge in [-0.3, -0.25) is 5.41 Å². The molecule has 0 aliphatic carbocycles. The largest absolute Gasteiger partial charge is 0.488 e. The summed E-state index contributed by atoms with van der Waals surface area (Å²) < 4.78 is 20.8. The van der Waals surface area contributed by atoms with E-state index < -0.39 is 5.82 Å². The Labute approximate surface area is 224 Å². The molecule has 2 saturated heterocycles. The molecule has 5 rings (SSSR count). The Kier molecular flexibility index (Phi) is 7.89. The number of rotatable bonds is 6. The molecule has 2 aliphatic rings. The lowest BCUT2D eigenvalue weighted by atomic mass is 9.74. The summed E-state index contributed by atoms with van der Waals surface area (Å²) in [5, 5.41) is 19.9. The Morgan fingerprint density at radius 1 is 1.25 bits per heavy atom. The quantitative estimate of drug-likeness (QED) is 0.207. The standard InChI is InChI=1S/C23H22Cl2FN7O.CH4S/c1-12-2-18(27)14(4-19(12)34-7-15-16(24)6-31-32-21(15)25)20(28)13-3-17(26)22(30-5-13)33-10-23(11-33)8-29-9-23;1-2/h2-6,28-29H,7-11,27H2,1H3;2H,1H3. The molecular weight excluding hydrogens is 524 g/mol. The van der Waals surface area contributed by atoms with Gasteiger partial charge in [-0.1, -0.05) is 23.2 Å². The first-order chi connectivity index (χ1) is 17.3. The van der Waals surface area contributed by atoms with E-state index in [2.05, 4.69) is 33.1 Å². The maximum atomic E-state index is 14.9. The number of aryl methyl sites for hydroxylation is 1. The summed E-state index contributed by atoms with van der Waals surface area (Å²) in [6.07, 6.45) is 4.59. The zero-order valence-corrected chi connectivity index (χ0v) is 22.2. The van der Waals surface area contributed by atoms with Gasteiger partial charge in [0.25, 0.3) is 0 Å². The zero-order valence-electron chi connectivity index (χ0n) is 19.8. The van der Waals surface area contributed by atoms with Crippen LogP contribution in [0.15, 0.2) is 30.6 Å². The van der Waals surface area contributed by atoms with E-state index in [1.165, 1.54) is 18.5 Å². The molecule has 4 heterocycles. The lowest BCUT2D eigenvalue weighted by Gasteiger charge is -2.56. The summed E-state index contributed by atoms with van der Waals surface area (Å²) in [7, 11) is 0. The van der Waals surface area contributed by atoms with Gasteiger partial charge in [0.15, 0.2) is 16.8 Å². The minimum Gasteiger partial charge on any atom is -0.488 e. The summed E-state index contributed by atoms with van der Waals surface area (Å²) >= 11 is 15.7. The Hall–Kier alpha value is -2.66. The molecule has 190 valence electrons. The second kappa shape index (κ2) is 10.8. The molecule has 2 fully saturated rings. The van der Waals surface area contributed by atoms with Crippen molar-refractivity contribution in [3.8, 4) is 5.75 Å². The molecule has 2 aromatic heterocycles. The normalized spacial score (nSPS) is 15.4. The average Bonchev–Trinajstić information content (AvgIpc) is 2.80. The van der Waals surface area contributed by atoms with Crippen LogP contribution < -0.4 is 20.7 Å². The van der Waals surface area contributed by atoms with Gasteiger partial charge in [0, 0.05) is 60.2 Å². The Balaban J connectivity index is 0.00000148. The van der Waals surface area contributed by atoms with Crippen molar-refractivity contribution in [3.05, 3.63) is 68.8 Å². The number of nitrogens with zero attached hydrogens (tertiary/aromatic N) is 4. The van der Waals surface area contributed by atoms with Gasteiger partial charge in [0.2, 0.25) is 0 Å². The third-order valence-corrected chi connectivity index (χ3v) is 6.93. The highest BCUT2D eigenvalue weighted by Crippen LogP contribution is 2.38. The van der Waals surface area contributed by atoms with Crippen molar-refractivity contribution in [1.82, 2.24) is 20.5 Å². The van der Waals surface area contributed by atoms with Crippen LogP contribution in [0.2, 0.25) is 10.2 Å². The molecule has 0 unspecified atom stereocenters. The van der Waals surface area contributed by atoms with Gasteiger partial charge in [-0.25, -0.2) is 9.37 Å². The molecular formula is C24H26Cl2FN7OS. The van der Waals surface area contributed by atoms with Crippen LogP contribution in [0, 0.1) is 23.6 Å². The highest BCUT2D eigenvalue weighted by molar-refractivity contribution is 7.79. The highest BCUT2D eigenvalue weighted by Gasteiger charge is 2.48. The van der Waals surface area contributed by atoms with Crippen LogP contribution in [0.3, 0.4) is 0 Å². The van der Waals surface area contributed by atoms with Gasteiger partial charge in [0.05, 0.1) is 16.9 Å². The van der Waals surface area contributed by atoms with Crippen LogP contribution in [-0.2, 0) is 6.61 Å². The third kappa shape index (κ3) is 5.08. The molecule has 3 aromatic rings. The first-order valence-electron chi connectivity index (χ1n) is 11.1. The average molecular weight is 550 g/mol. The van der Waals surface area contributed by atoms with Crippen LogP contribution >= 0.6 is 35.8 Å². The van der Waals surface area contributed by atoms with Gasteiger partial charge in [-0.2, -0.15) is 17.7 Å². The van der Waals surface area contributed by atoms with Crippen LogP contribution in [0.1, 0.15) is 22.3 Å². The van der Waals surface area contributed by atoms with E-state index in [0.29, 0.717) is 39.0 Å². The molecule has 0 amide bonds. The van der Waals surface area contributed by atoms with Gasteiger partial charge in [-0.05, 0) is 36.9 Å². The van der Waals surface area contributed by atoms with E-state index in [-0.39, 0.29) is 22.9 Å². The van der Waals surface area contributed by atoms with Crippen LogP contribution in [0.25, 0.3) is 0 Å². The summed E-state index contributed by atoms with van der Waals surface area (Å²) in [5.74, 6) is 0.346. The minimum absolute atomic E-state index is 0.0465. The number of nitrogens with two attached hydrogens (primary N) is 1. The fourth-order valence-corrected chi connectivity index (χ4v) is 4.73. The molecule has 0 atom stereocenters. The maximum Gasteiger partial charge on any atom is 0.166 e. The second-order valence-electron chi connectivity index (χ2n) is 8.82. The van der Waals surface area contributed by atoms with Crippen LogP contribution in [0.5, 0.6) is 5.75 Å². The van der Waals surface area contributed by atoms with E-state index >= 15 is 0 Å². The molecule has 4 N–H and O–H groups in total. The number of nitrogens with one attached hydrogen (secondary N) is 2. The van der Waals surface area contributed by atoms with Gasteiger partial charge in [0.1, 0.15) is 12.4 Å². The molecule has 1 aromatic carbocycles. The van der Waals surface area contributed by atoms with E-state index in [4.69, 9.17) is 39.1 Å². The Morgan fingerprint density at radius 2 is 1.97 bits per heavy atom. The first kappa shape index (κ1) is 26.4. The molecule has 0 saturated carbocycles. The number of hydrogen-bond donors (Lipinski definition) is 4. The van der Waals surface area contributed by atoms with E-state index in [1.807, 2.05) is 11.8 Å². The van der Waals surface area contributed by atoms with Gasteiger partial charge >= 0.3 is 0 Å². The Morgan fingerprint density at radius 3 is 2.58 bits per heavy atom. The van der Waals surface area contributed by atoms with Crippen LogP contribution in [-0.4, -0.2) is 53.3 Å². The minimum atomic E-state index is -0.457. The summed E-state index contributed by atoms with van der Waals surface area (Å²) in [5.41, 5.74) is 8.87. The van der Waals surface area contributed by atoms with E-state index in [1.54, 1.807) is 18.4 Å². The topological polar surface area (TPSA) is 113 Å². The molecule has 1 spiro atoms. The number of thiol groups is 1. The van der Waals surface area contributed by atoms with E-state index in [9.17, 15) is 4.39 Å². The summed E-state index contributed by atoms with van der Waals surface area (Å²) in [6, 6.07) is 4.69. The molecule has 12 heteroatoms. The van der Waals surface area contributed by atoms with E-state index in [0.717, 1.165) is 31.7 Å². The lowest BCUT2D eigenvalue weighted by molar-refractivity contribution is 0.119. The van der Waals surface area contributed by atoms with Crippen molar-refractivity contribution in [2.75, 3.05) is 43.1 Å². The molecule has 0 radical (unpaired) electrons. The monoisotopic (exact) mass is 549 g/mol. The van der Waals surface area contributed by atoms with Crippen molar-refractivity contribution in [1.29, 1.82) is 5.41 Å². The number of aromatic nitrogens is 3. The number of ether oxygens (including phenoxy) is 1. The Bertz CT molecular complexity index is 1280. The van der Waals surface area contributed by atoms with Gasteiger partial charge in [-0.15, -0.1) is 5.10 Å². The zero-order chi connectivity index (χ0) is 26.0. The van der Waals surface area contributed by atoms with Crippen molar-refractivity contribution in [3.63, 3.8) is 0 Å². The molecule has 0 bridgehead atoms. The summed E-state index contributed by atoms with van der Waals surface area (Å²) in [4.78, 5) is 6.24. The van der Waals surface area contributed by atoms with Crippen molar-refractivity contribution in [2.24, 2.45) is 5.41 Å². The fraction of sp³-hybridized carbons (Fsp3) is 0.333. The number of pyridine rings is 1. The smallest absolute Gasteiger partial charge is 0.166 e. The van der Waals surface area contributed by atoms with Crippen LogP contribution in [0.4, 0.5) is 15.9 Å². The van der Waals surface area contributed by atoms with Crippen molar-refractivity contribution < 1.29 is 9.13 Å². The molecule has 36 heavy (non-hydrogen) atoms. The lowest BCUT2D eigenvalue weighted by Crippen LogP contribution is -2.71. The number of halogens is 3. The van der Waals surface area contributed by atoms with Crippen molar-refractivity contribution in [2.45, 2.75) is 13.5 Å². The highest BCUT2D eigenvalue weighted by atomic mass is 35.5. The SMILES string of the molecule is CS.Cc1cc(N)c(C(=N)c2cnc(N3CC4(CNC4)C3)c(F)c2)cc1OCc1c(Cl)cnnc1Cl. The van der Waals surface area contributed by atoms with Gasteiger partial charge < -0.3 is 20.7 Å². The number of nitrogen functional groups attached to an aromatic ring is 1. The summed E-state index contributed by atoms with van der Waals surface area (Å²) in [6.45, 7) is 5.38. The maximum absolute atomic E-state index is 14.9. The predicted octanol–water partition coefficient (Wildman–Crippen LogP) is 4.16. The first-order valence-corrected chi connectivity index (χ1v) is 12.7. The second-order valence-corrected chi connectivity index (χ2v) is 9.58. The molecule has 8 nitrogen and oxygen atoms in total. The number of benzene rings is 1. The number of hydrogen-bond acceptors (Lipinski definition) is 9. The third-order valence-electron chi connectivity index (χ3n) is 6.30. The molecule has 2 aliphatic heterocycles. The fourth-order valence-electron chi connectivity index (χ4n) is 4.30. The van der Waals surface area contributed by atoms with Crippen molar-refractivity contribution >= 4 is 53.0 Å².